The largest absolute Gasteiger partial charge is 0.459 e. The number of esters is 4. The molecule has 0 amide bonds. The molecule has 2 fully saturated rings. The van der Waals surface area contributed by atoms with Gasteiger partial charge in [0.15, 0.2) is 30.9 Å². The first kappa shape index (κ1) is 57.6. The zero-order chi connectivity index (χ0) is 56.0. The molecule has 0 N–H and O–H groups in total. The highest BCUT2D eigenvalue weighted by Crippen LogP contribution is 2.35. The van der Waals surface area contributed by atoms with Gasteiger partial charge in [-0.2, -0.15) is 0 Å². The lowest BCUT2D eigenvalue weighted by Gasteiger charge is -2.47. The highest BCUT2D eigenvalue weighted by Gasteiger charge is 2.55. The second-order valence-corrected chi connectivity index (χ2v) is 19.2. The van der Waals surface area contributed by atoms with Crippen LogP contribution in [0.25, 0.3) is 0 Å². The van der Waals surface area contributed by atoms with Gasteiger partial charge in [0.2, 0.25) is 0 Å². The van der Waals surface area contributed by atoms with Crippen LogP contribution in [0.15, 0.2) is 225 Å². The van der Waals surface area contributed by atoms with Gasteiger partial charge in [-0.15, -0.1) is 6.58 Å². The van der Waals surface area contributed by atoms with E-state index in [2.05, 4.69) is 6.58 Å². The number of carbonyl (C=O) groups excluding carboxylic acids is 4. The summed E-state index contributed by atoms with van der Waals surface area (Å²) < 4.78 is 72.7. The van der Waals surface area contributed by atoms with Crippen molar-refractivity contribution in [2.24, 2.45) is 0 Å². The number of unbranched alkanes of at least 4 members (excludes halogenated alkanes) is 1. The highest BCUT2D eigenvalue weighted by molar-refractivity contribution is 5.91. The molecule has 0 spiro atoms. The van der Waals surface area contributed by atoms with Crippen molar-refractivity contribution in [3.05, 3.63) is 264 Å². The number of allylic oxidation sites excluding steroid dienone is 1. The average Bonchev–Trinajstić information content (AvgIpc) is 3.54. The van der Waals surface area contributed by atoms with Crippen LogP contribution in [0, 0.1) is 0 Å². The molecule has 9 rings (SSSR count). The molecule has 0 bridgehead atoms. The number of ether oxygens (including phenoxy) is 11. The fourth-order valence-corrected chi connectivity index (χ4v) is 9.29. The van der Waals surface area contributed by atoms with Gasteiger partial charge in [-0.25, -0.2) is 19.2 Å². The first-order valence-electron chi connectivity index (χ1n) is 26.9. The van der Waals surface area contributed by atoms with E-state index in [1.807, 2.05) is 97.1 Å². The number of hydrogen-bond donors (Lipinski definition) is 0. The van der Waals surface area contributed by atoms with Gasteiger partial charge < -0.3 is 52.1 Å². The molecular weight excluding hydrogens is 1030 g/mol. The van der Waals surface area contributed by atoms with Gasteiger partial charge in [0, 0.05) is 0 Å². The molecule has 0 saturated carbocycles. The smallest absolute Gasteiger partial charge is 0.338 e. The van der Waals surface area contributed by atoms with E-state index in [9.17, 15) is 19.2 Å². The summed E-state index contributed by atoms with van der Waals surface area (Å²) in [4.78, 5) is 56.7. The molecule has 2 saturated heterocycles. The van der Waals surface area contributed by atoms with Gasteiger partial charge in [0.25, 0.3) is 0 Å². The highest BCUT2D eigenvalue weighted by atomic mass is 16.8. The minimum Gasteiger partial charge on any atom is -0.459 e. The molecular formula is C66H64O15. The average molecular weight is 1100 g/mol. The SMILES string of the molecule is C=CCCCO[C@@H]1O[C@H](CO[C@@H]2O[C@H](COC(=O)c3ccccc3)[C@H](OC(=O)c3ccccc3)[C@H](OC(=O)c3ccccc3)[C@H]2OC(=O)c2ccccc2)[C@@H](OCc2ccccc2)[C@H](OCc2ccccc2)[C@H]1OCc1ccccc1. The van der Waals surface area contributed by atoms with Crippen LogP contribution in [0.2, 0.25) is 0 Å². The fraction of sp³-hybridized carbons (Fsp3) is 0.273. The molecule has 0 aromatic heterocycles. The minimum atomic E-state index is -1.68. The van der Waals surface area contributed by atoms with Gasteiger partial charge in [0.1, 0.15) is 37.1 Å². The summed E-state index contributed by atoms with van der Waals surface area (Å²) in [6.07, 6.45) is -9.72. The van der Waals surface area contributed by atoms with E-state index in [4.69, 9.17) is 52.1 Å². The van der Waals surface area contributed by atoms with Crippen molar-refractivity contribution in [3.8, 4) is 0 Å². The lowest BCUT2D eigenvalue weighted by atomic mass is 9.96. The number of hydrogen-bond acceptors (Lipinski definition) is 15. The first-order chi connectivity index (χ1) is 39.8. The van der Waals surface area contributed by atoms with E-state index >= 15 is 0 Å². The molecule has 0 radical (unpaired) electrons. The molecule has 7 aromatic rings. The summed E-state index contributed by atoms with van der Waals surface area (Å²) in [7, 11) is 0. The number of carbonyl (C=O) groups is 4. The van der Waals surface area contributed by atoms with E-state index < -0.39 is 91.9 Å². The molecule has 2 aliphatic heterocycles. The molecule has 81 heavy (non-hydrogen) atoms. The van der Waals surface area contributed by atoms with Crippen LogP contribution in [-0.2, 0) is 71.9 Å². The van der Waals surface area contributed by atoms with Crippen LogP contribution < -0.4 is 0 Å². The second kappa shape index (κ2) is 29.9. The molecule has 10 atom stereocenters. The summed E-state index contributed by atoms with van der Waals surface area (Å²) >= 11 is 0. The van der Waals surface area contributed by atoms with Crippen LogP contribution in [-0.4, -0.2) is 105 Å². The van der Waals surface area contributed by atoms with Crippen molar-refractivity contribution >= 4 is 23.9 Å². The van der Waals surface area contributed by atoms with E-state index in [-0.39, 0.29) is 55.3 Å². The van der Waals surface area contributed by atoms with E-state index in [1.165, 1.54) is 0 Å². The van der Waals surface area contributed by atoms with Crippen molar-refractivity contribution in [3.63, 3.8) is 0 Å². The normalized spacial score (nSPS) is 22.4. The third-order valence-electron chi connectivity index (χ3n) is 13.4. The third-order valence-corrected chi connectivity index (χ3v) is 13.4. The Kier molecular flexibility index (Phi) is 21.3. The Labute approximate surface area is 471 Å². The maximum Gasteiger partial charge on any atom is 0.338 e. The zero-order valence-electron chi connectivity index (χ0n) is 44.5. The van der Waals surface area contributed by atoms with Crippen LogP contribution in [0.1, 0.15) is 71.0 Å². The molecule has 0 aliphatic carbocycles. The van der Waals surface area contributed by atoms with E-state index in [0.717, 1.165) is 16.7 Å². The molecule has 2 heterocycles. The Hall–Kier alpha value is -8.12. The summed E-state index contributed by atoms with van der Waals surface area (Å²) in [5, 5.41) is 0. The lowest BCUT2D eigenvalue weighted by molar-refractivity contribution is -0.343. The molecule has 0 unspecified atom stereocenters. The van der Waals surface area contributed by atoms with Gasteiger partial charge in [-0.3, -0.25) is 0 Å². The van der Waals surface area contributed by atoms with Crippen LogP contribution >= 0.6 is 0 Å². The predicted octanol–water partition coefficient (Wildman–Crippen LogP) is 10.7. The van der Waals surface area contributed by atoms with Crippen molar-refractivity contribution in [1.29, 1.82) is 0 Å². The van der Waals surface area contributed by atoms with Crippen LogP contribution in [0.5, 0.6) is 0 Å². The van der Waals surface area contributed by atoms with Gasteiger partial charge >= 0.3 is 23.9 Å². The summed E-state index contributed by atoms with van der Waals surface area (Å²) in [6.45, 7) is 3.68. The topological polar surface area (TPSA) is 170 Å². The molecule has 7 aromatic carbocycles. The Morgan fingerprint density at radius 1 is 0.370 bits per heavy atom. The van der Waals surface area contributed by atoms with Crippen LogP contribution in [0.3, 0.4) is 0 Å². The Morgan fingerprint density at radius 2 is 0.728 bits per heavy atom. The van der Waals surface area contributed by atoms with Gasteiger partial charge in [-0.05, 0) is 78.1 Å². The maximum atomic E-state index is 14.4. The molecule has 15 heteroatoms. The monoisotopic (exact) mass is 1100 g/mol. The van der Waals surface area contributed by atoms with Crippen LogP contribution in [0.4, 0.5) is 0 Å². The van der Waals surface area contributed by atoms with E-state index in [1.54, 1.807) is 121 Å². The minimum absolute atomic E-state index is 0.116. The van der Waals surface area contributed by atoms with Gasteiger partial charge in [-0.1, -0.05) is 170 Å². The lowest BCUT2D eigenvalue weighted by Crippen LogP contribution is -2.64. The third kappa shape index (κ3) is 16.3. The van der Waals surface area contributed by atoms with Crippen molar-refractivity contribution < 1.29 is 71.3 Å². The number of benzene rings is 7. The van der Waals surface area contributed by atoms with E-state index in [0.29, 0.717) is 12.8 Å². The Morgan fingerprint density at radius 3 is 1.17 bits per heavy atom. The second-order valence-electron chi connectivity index (χ2n) is 19.2. The molecule has 418 valence electrons. The summed E-state index contributed by atoms with van der Waals surface area (Å²) in [6, 6.07) is 61.7. The predicted molar refractivity (Wildman–Crippen MR) is 297 cm³/mol. The Balaban J connectivity index is 1.12. The fourth-order valence-electron chi connectivity index (χ4n) is 9.29. The summed E-state index contributed by atoms with van der Waals surface area (Å²) in [5.74, 6) is -3.27. The quantitative estimate of drug-likeness (QED) is 0.0217. The molecule has 15 nitrogen and oxygen atoms in total. The Bertz CT molecular complexity index is 3030. The van der Waals surface area contributed by atoms with Crippen molar-refractivity contribution in [2.45, 2.75) is 94.1 Å². The maximum absolute atomic E-state index is 14.4. The molecule has 2 aliphatic rings. The van der Waals surface area contributed by atoms with Crippen molar-refractivity contribution in [1.82, 2.24) is 0 Å². The standard InChI is InChI=1S/C66H64O15/c1-2-3-25-40-71-65-59(74-43-48-30-15-6-16-31-48)57(73-42-47-28-13-5-14-29-47)55(72-41-46-26-11-4-12-27-46)53(77-65)45-76-66-60(81-64(70)52-38-23-10-24-39-52)58(80-63(69)51-36-21-9-22-37-51)56(79-62(68)50-34-19-8-20-35-50)54(78-66)44-75-61(67)49-32-17-7-18-33-49/h2,4-24,26-39,53-60,65-66H,1,3,25,40-45H2/t53-,54-,55-,56+,57+,58+,59-,60-,65-,66-/m1/s1. The first-order valence-corrected chi connectivity index (χ1v) is 26.9. The van der Waals surface area contributed by atoms with Gasteiger partial charge in [0.05, 0.1) is 55.3 Å². The summed E-state index contributed by atoms with van der Waals surface area (Å²) in [5.41, 5.74) is 3.30. The number of rotatable bonds is 26. The zero-order valence-corrected chi connectivity index (χ0v) is 44.5. The van der Waals surface area contributed by atoms with Crippen molar-refractivity contribution in [2.75, 3.05) is 19.8 Å².